The first-order valence-corrected chi connectivity index (χ1v) is 7.18. The fourth-order valence-electron chi connectivity index (χ4n) is 2.74. The lowest BCUT2D eigenvalue weighted by Gasteiger charge is -2.26. The van der Waals surface area contributed by atoms with Crippen molar-refractivity contribution in [3.8, 4) is 0 Å². The summed E-state index contributed by atoms with van der Waals surface area (Å²) < 4.78 is 0. The summed E-state index contributed by atoms with van der Waals surface area (Å²) in [6.45, 7) is 8.40. The van der Waals surface area contributed by atoms with E-state index in [1.54, 1.807) is 0 Å². The van der Waals surface area contributed by atoms with E-state index in [4.69, 9.17) is 0 Å². The van der Waals surface area contributed by atoms with Crippen LogP contribution >= 0.6 is 0 Å². The van der Waals surface area contributed by atoms with Gasteiger partial charge in [0.15, 0.2) is 0 Å². The van der Waals surface area contributed by atoms with Crippen LogP contribution in [0.4, 0.5) is 0 Å². The van der Waals surface area contributed by atoms with Crippen molar-refractivity contribution in [2.75, 3.05) is 19.6 Å². The van der Waals surface area contributed by atoms with Crippen molar-refractivity contribution in [2.24, 2.45) is 11.3 Å². The number of likely N-dealkylation sites (tertiary alicyclic amines) is 1. The molecule has 1 fully saturated rings. The molecular weight excluding hydrogens is 240 g/mol. The van der Waals surface area contributed by atoms with Gasteiger partial charge in [-0.05, 0) is 32.2 Å². The number of hydrogen-bond acceptors (Lipinski definition) is 3. The van der Waals surface area contributed by atoms with E-state index in [1.807, 2.05) is 20.8 Å². The second-order valence-corrected chi connectivity index (χ2v) is 6.17. The summed E-state index contributed by atoms with van der Waals surface area (Å²) in [6, 6.07) is 0. The Balaban J connectivity index is 1.99. The lowest BCUT2D eigenvalue weighted by atomic mass is 9.78. The average molecular weight is 264 g/mol. The molecule has 2 amide bonds. The number of amides is 2. The summed E-state index contributed by atoms with van der Waals surface area (Å²) >= 11 is 0. The van der Waals surface area contributed by atoms with E-state index in [1.165, 1.54) is 10.5 Å². The van der Waals surface area contributed by atoms with Crippen molar-refractivity contribution < 1.29 is 9.59 Å². The Morgan fingerprint density at radius 2 is 2.16 bits per heavy atom. The summed E-state index contributed by atoms with van der Waals surface area (Å²) in [4.78, 5) is 26.0. The summed E-state index contributed by atoms with van der Waals surface area (Å²) in [5, 5.41) is 3.26. The van der Waals surface area contributed by atoms with Crippen molar-refractivity contribution in [2.45, 2.75) is 40.0 Å². The van der Waals surface area contributed by atoms with Crippen LogP contribution in [-0.4, -0.2) is 36.3 Å². The highest BCUT2D eigenvalue weighted by Crippen LogP contribution is 2.39. The Hall–Kier alpha value is -1.16. The molecular formula is C15H24N2O2. The summed E-state index contributed by atoms with van der Waals surface area (Å²) in [6.07, 6.45) is 4.39. The Kier molecular flexibility index (Phi) is 4.09. The van der Waals surface area contributed by atoms with Crippen LogP contribution in [0.2, 0.25) is 0 Å². The quantitative estimate of drug-likeness (QED) is 0.621. The molecule has 0 radical (unpaired) electrons. The molecule has 1 saturated heterocycles. The minimum atomic E-state index is -0.500. The normalized spacial score (nSPS) is 28.2. The number of imide groups is 1. The molecule has 4 nitrogen and oxygen atoms in total. The van der Waals surface area contributed by atoms with Crippen LogP contribution in [0.5, 0.6) is 0 Å². The predicted molar refractivity (Wildman–Crippen MR) is 74.5 cm³/mol. The molecule has 0 spiro atoms. The maximum absolute atomic E-state index is 12.4. The summed E-state index contributed by atoms with van der Waals surface area (Å²) in [5.74, 6) is 0.213. The molecule has 0 aromatic heterocycles. The van der Waals surface area contributed by atoms with Gasteiger partial charge in [-0.3, -0.25) is 14.5 Å². The second kappa shape index (κ2) is 5.45. The maximum Gasteiger partial charge on any atom is 0.235 e. The smallest absolute Gasteiger partial charge is 0.235 e. The summed E-state index contributed by atoms with van der Waals surface area (Å²) in [7, 11) is 0. The number of rotatable bonds is 4. The van der Waals surface area contributed by atoms with E-state index < -0.39 is 5.41 Å². The minimum Gasteiger partial charge on any atom is -0.313 e. The predicted octanol–water partition coefficient (Wildman–Crippen LogP) is 1.72. The van der Waals surface area contributed by atoms with Gasteiger partial charge in [0.2, 0.25) is 11.8 Å². The molecule has 0 bridgehead atoms. The van der Waals surface area contributed by atoms with E-state index in [0.29, 0.717) is 13.0 Å². The molecule has 0 aliphatic carbocycles. The van der Waals surface area contributed by atoms with Gasteiger partial charge in [0, 0.05) is 19.5 Å². The zero-order chi connectivity index (χ0) is 14.0. The molecule has 2 heterocycles. The van der Waals surface area contributed by atoms with Gasteiger partial charge in [-0.15, -0.1) is 0 Å². The topological polar surface area (TPSA) is 49.4 Å². The lowest BCUT2D eigenvalue weighted by Crippen LogP contribution is -2.37. The standard InChI is InChI=1S/C15H24N2O2/c1-11(2)15(3)10-13(18)17(14(15)19)9-6-12-4-7-16-8-5-12/h4,11,16H,5-10H2,1-3H3. The lowest BCUT2D eigenvalue weighted by molar-refractivity contribution is -0.141. The molecule has 1 atom stereocenters. The fourth-order valence-corrected chi connectivity index (χ4v) is 2.74. The Morgan fingerprint density at radius 3 is 2.68 bits per heavy atom. The molecule has 106 valence electrons. The average Bonchev–Trinajstić information content (AvgIpc) is 2.61. The van der Waals surface area contributed by atoms with Crippen LogP contribution in [0, 0.1) is 11.3 Å². The number of carbonyl (C=O) groups excluding carboxylic acids is 2. The first-order chi connectivity index (χ1) is 8.95. The third-order valence-corrected chi connectivity index (χ3v) is 4.64. The minimum absolute atomic E-state index is 0.00395. The number of nitrogens with one attached hydrogen (secondary N) is 1. The molecule has 2 aliphatic rings. The molecule has 1 N–H and O–H groups in total. The molecule has 1 unspecified atom stereocenters. The van der Waals surface area contributed by atoms with Crippen molar-refractivity contribution >= 4 is 11.8 Å². The van der Waals surface area contributed by atoms with Crippen molar-refractivity contribution in [3.05, 3.63) is 11.6 Å². The van der Waals surface area contributed by atoms with E-state index in [0.717, 1.165) is 25.9 Å². The highest BCUT2D eigenvalue weighted by molar-refractivity contribution is 6.05. The second-order valence-electron chi connectivity index (χ2n) is 6.17. The molecule has 0 aromatic rings. The number of nitrogens with zero attached hydrogens (tertiary/aromatic N) is 1. The van der Waals surface area contributed by atoms with E-state index in [2.05, 4.69) is 11.4 Å². The van der Waals surface area contributed by atoms with Gasteiger partial charge < -0.3 is 5.32 Å². The van der Waals surface area contributed by atoms with Gasteiger partial charge in [0.1, 0.15) is 0 Å². The summed E-state index contributed by atoms with van der Waals surface area (Å²) in [5.41, 5.74) is 0.858. The molecule has 0 aromatic carbocycles. The van der Waals surface area contributed by atoms with E-state index in [9.17, 15) is 9.59 Å². The third-order valence-electron chi connectivity index (χ3n) is 4.64. The van der Waals surface area contributed by atoms with Crippen LogP contribution < -0.4 is 5.32 Å². The van der Waals surface area contributed by atoms with Crippen LogP contribution in [0.3, 0.4) is 0 Å². The van der Waals surface area contributed by atoms with Gasteiger partial charge in [0.25, 0.3) is 0 Å². The number of carbonyl (C=O) groups is 2. The molecule has 2 aliphatic heterocycles. The highest BCUT2D eigenvalue weighted by atomic mass is 16.2. The van der Waals surface area contributed by atoms with Gasteiger partial charge in [-0.1, -0.05) is 25.5 Å². The Morgan fingerprint density at radius 1 is 1.42 bits per heavy atom. The largest absolute Gasteiger partial charge is 0.313 e. The maximum atomic E-state index is 12.4. The molecule has 19 heavy (non-hydrogen) atoms. The Bertz CT molecular complexity index is 414. The fraction of sp³-hybridized carbons (Fsp3) is 0.733. The zero-order valence-electron chi connectivity index (χ0n) is 12.2. The molecule has 0 saturated carbocycles. The first kappa shape index (κ1) is 14.3. The van der Waals surface area contributed by atoms with Crippen LogP contribution in [0.1, 0.15) is 40.0 Å². The molecule has 4 heteroatoms. The highest BCUT2D eigenvalue weighted by Gasteiger charge is 2.49. The van der Waals surface area contributed by atoms with E-state index >= 15 is 0 Å². The van der Waals surface area contributed by atoms with E-state index in [-0.39, 0.29) is 17.7 Å². The van der Waals surface area contributed by atoms with Crippen LogP contribution in [-0.2, 0) is 9.59 Å². The monoisotopic (exact) mass is 264 g/mol. The zero-order valence-corrected chi connectivity index (χ0v) is 12.2. The Labute approximate surface area is 115 Å². The SMILES string of the molecule is CC(C)C1(C)CC(=O)N(CCC2=CCNCC2)C1=O. The van der Waals surface area contributed by atoms with Gasteiger partial charge in [0.05, 0.1) is 5.41 Å². The van der Waals surface area contributed by atoms with Gasteiger partial charge in [-0.25, -0.2) is 0 Å². The van der Waals surface area contributed by atoms with Gasteiger partial charge >= 0.3 is 0 Å². The van der Waals surface area contributed by atoms with Crippen LogP contribution in [0.25, 0.3) is 0 Å². The van der Waals surface area contributed by atoms with Crippen molar-refractivity contribution in [3.63, 3.8) is 0 Å². The van der Waals surface area contributed by atoms with Gasteiger partial charge in [-0.2, -0.15) is 0 Å². The van der Waals surface area contributed by atoms with Crippen molar-refractivity contribution in [1.82, 2.24) is 10.2 Å². The molecule has 2 rings (SSSR count). The van der Waals surface area contributed by atoms with Crippen molar-refractivity contribution in [1.29, 1.82) is 0 Å². The number of hydrogen-bond donors (Lipinski definition) is 1. The third kappa shape index (κ3) is 2.73. The first-order valence-electron chi connectivity index (χ1n) is 7.18. The van der Waals surface area contributed by atoms with Crippen LogP contribution in [0.15, 0.2) is 11.6 Å².